The van der Waals surface area contributed by atoms with Gasteiger partial charge < -0.3 is 10.5 Å². The lowest BCUT2D eigenvalue weighted by Crippen LogP contribution is -2.43. The lowest BCUT2D eigenvalue weighted by Gasteiger charge is -2.32. The molecule has 2 rings (SSSR count). The Balaban J connectivity index is 2.36. The van der Waals surface area contributed by atoms with Crippen molar-refractivity contribution in [2.45, 2.75) is 37.6 Å². The predicted octanol–water partition coefficient (Wildman–Crippen LogP) is 2.24. The van der Waals surface area contributed by atoms with E-state index in [4.69, 9.17) is 10.5 Å². The van der Waals surface area contributed by atoms with Gasteiger partial charge in [0.25, 0.3) is 0 Å². The van der Waals surface area contributed by atoms with Crippen LogP contribution in [0.5, 0.6) is 0 Å². The Kier molecular flexibility index (Phi) is 2.74. The Morgan fingerprint density at radius 3 is 2.59 bits per heavy atom. The molecule has 0 radical (unpaired) electrons. The van der Waals surface area contributed by atoms with Crippen LogP contribution < -0.4 is 5.73 Å². The van der Waals surface area contributed by atoms with E-state index in [1.807, 2.05) is 18.2 Å². The van der Waals surface area contributed by atoms with Gasteiger partial charge in [-0.1, -0.05) is 26.0 Å². The number of hydrogen-bond acceptors (Lipinski definition) is 3. The standard InChI is InChI=1S/C14H19NO2/c1-13(2,14(15)7-8-14)11-6-4-5-10(9-11)12(16)17-3/h4-6,9H,7-8,15H2,1-3H3. The maximum atomic E-state index is 11.5. The first-order chi connectivity index (χ1) is 7.90. The van der Waals surface area contributed by atoms with Gasteiger partial charge in [0.15, 0.2) is 0 Å². The van der Waals surface area contributed by atoms with Crippen molar-refractivity contribution < 1.29 is 9.53 Å². The third kappa shape index (κ3) is 1.95. The van der Waals surface area contributed by atoms with E-state index < -0.39 is 0 Å². The SMILES string of the molecule is COC(=O)c1cccc(C(C)(C)C2(N)CC2)c1. The average molecular weight is 233 g/mol. The number of esters is 1. The van der Waals surface area contributed by atoms with E-state index in [0.29, 0.717) is 5.56 Å². The van der Waals surface area contributed by atoms with E-state index in [0.717, 1.165) is 18.4 Å². The van der Waals surface area contributed by atoms with Crippen LogP contribution in [-0.4, -0.2) is 18.6 Å². The number of carbonyl (C=O) groups excluding carboxylic acids is 1. The van der Waals surface area contributed by atoms with E-state index >= 15 is 0 Å². The number of nitrogens with two attached hydrogens (primary N) is 1. The van der Waals surface area contributed by atoms with Gasteiger partial charge in [-0.05, 0) is 30.5 Å². The van der Waals surface area contributed by atoms with E-state index in [1.165, 1.54) is 7.11 Å². The summed E-state index contributed by atoms with van der Waals surface area (Å²) >= 11 is 0. The molecule has 0 heterocycles. The molecule has 0 bridgehead atoms. The van der Waals surface area contributed by atoms with Gasteiger partial charge in [-0.2, -0.15) is 0 Å². The Hall–Kier alpha value is -1.35. The van der Waals surface area contributed by atoms with Gasteiger partial charge in [0, 0.05) is 11.0 Å². The van der Waals surface area contributed by atoms with Gasteiger partial charge >= 0.3 is 5.97 Å². The summed E-state index contributed by atoms with van der Waals surface area (Å²) in [6.45, 7) is 4.27. The van der Waals surface area contributed by atoms with Gasteiger partial charge in [-0.15, -0.1) is 0 Å². The van der Waals surface area contributed by atoms with Gasteiger partial charge in [-0.3, -0.25) is 0 Å². The highest BCUT2D eigenvalue weighted by atomic mass is 16.5. The second-order valence-electron chi connectivity index (χ2n) is 5.35. The average Bonchev–Trinajstić information content (AvgIpc) is 3.08. The molecular formula is C14H19NO2. The summed E-state index contributed by atoms with van der Waals surface area (Å²) in [6, 6.07) is 7.56. The summed E-state index contributed by atoms with van der Waals surface area (Å²) < 4.78 is 4.73. The minimum absolute atomic E-state index is 0.114. The molecule has 1 aromatic rings. The molecule has 2 N–H and O–H groups in total. The highest BCUT2D eigenvalue weighted by Gasteiger charge is 2.51. The van der Waals surface area contributed by atoms with Crippen molar-refractivity contribution in [2.24, 2.45) is 5.73 Å². The summed E-state index contributed by atoms with van der Waals surface area (Å²) in [5.41, 5.74) is 7.74. The van der Waals surface area contributed by atoms with Gasteiger partial charge in [-0.25, -0.2) is 4.79 Å². The quantitative estimate of drug-likeness (QED) is 0.815. The molecule has 0 aliphatic heterocycles. The van der Waals surface area contributed by atoms with E-state index in [9.17, 15) is 4.79 Å². The summed E-state index contributed by atoms with van der Waals surface area (Å²) in [6.07, 6.45) is 2.09. The van der Waals surface area contributed by atoms with Crippen molar-refractivity contribution in [2.75, 3.05) is 7.11 Å². The number of carbonyl (C=O) groups is 1. The molecule has 0 atom stereocenters. The second-order valence-corrected chi connectivity index (χ2v) is 5.35. The zero-order valence-electron chi connectivity index (χ0n) is 10.6. The molecule has 1 saturated carbocycles. The van der Waals surface area contributed by atoms with Crippen LogP contribution in [0.25, 0.3) is 0 Å². The minimum Gasteiger partial charge on any atom is -0.465 e. The molecule has 1 aromatic carbocycles. The molecule has 0 amide bonds. The first-order valence-electron chi connectivity index (χ1n) is 5.88. The van der Waals surface area contributed by atoms with Crippen LogP contribution in [0.2, 0.25) is 0 Å². The third-order valence-electron chi connectivity index (χ3n) is 4.04. The number of ether oxygens (including phenoxy) is 1. The number of benzene rings is 1. The molecule has 1 aliphatic carbocycles. The van der Waals surface area contributed by atoms with E-state index in [2.05, 4.69) is 13.8 Å². The monoisotopic (exact) mass is 233 g/mol. The molecule has 0 aromatic heterocycles. The van der Waals surface area contributed by atoms with Crippen LogP contribution >= 0.6 is 0 Å². The molecule has 3 nitrogen and oxygen atoms in total. The Morgan fingerprint density at radius 2 is 2.06 bits per heavy atom. The van der Waals surface area contributed by atoms with Crippen molar-refractivity contribution in [1.82, 2.24) is 0 Å². The van der Waals surface area contributed by atoms with Crippen molar-refractivity contribution in [3.05, 3.63) is 35.4 Å². The molecule has 0 unspecified atom stereocenters. The highest BCUT2D eigenvalue weighted by Crippen LogP contribution is 2.49. The molecule has 92 valence electrons. The normalized spacial score (nSPS) is 17.6. The first-order valence-corrected chi connectivity index (χ1v) is 5.88. The van der Waals surface area contributed by atoms with Crippen LogP contribution in [-0.2, 0) is 10.2 Å². The van der Waals surface area contributed by atoms with E-state index in [1.54, 1.807) is 6.07 Å². The fourth-order valence-electron chi connectivity index (χ4n) is 2.20. The zero-order chi connectivity index (χ0) is 12.7. The van der Waals surface area contributed by atoms with Crippen LogP contribution in [0.1, 0.15) is 42.6 Å². The Labute approximate surface area is 102 Å². The topological polar surface area (TPSA) is 52.3 Å². The molecule has 0 saturated heterocycles. The lowest BCUT2D eigenvalue weighted by atomic mass is 9.75. The fourth-order valence-corrected chi connectivity index (χ4v) is 2.20. The molecule has 3 heteroatoms. The molecule has 1 fully saturated rings. The first kappa shape index (κ1) is 12.1. The second kappa shape index (κ2) is 3.84. The molecule has 0 spiro atoms. The summed E-state index contributed by atoms with van der Waals surface area (Å²) in [5.74, 6) is -0.301. The van der Waals surface area contributed by atoms with Crippen LogP contribution in [0.3, 0.4) is 0 Å². The number of methoxy groups -OCH3 is 1. The molecule has 1 aliphatic rings. The minimum atomic E-state index is -0.301. The summed E-state index contributed by atoms with van der Waals surface area (Å²) in [4.78, 5) is 11.5. The number of hydrogen-bond donors (Lipinski definition) is 1. The fraction of sp³-hybridized carbons (Fsp3) is 0.500. The van der Waals surface area contributed by atoms with Crippen molar-refractivity contribution in [3.8, 4) is 0 Å². The van der Waals surface area contributed by atoms with Crippen LogP contribution in [0.4, 0.5) is 0 Å². The third-order valence-corrected chi connectivity index (χ3v) is 4.04. The zero-order valence-corrected chi connectivity index (χ0v) is 10.6. The largest absolute Gasteiger partial charge is 0.465 e. The predicted molar refractivity (Wildman–Crippen MR) is 67.0 cm³/mol. The van der Waals surface area contributed by atoms with Gasteiger partial charge in [0.1, 0.15) is 0 Å². The van der Waals surface area contributed by atoms with Crippen LogP contribution in [0, 0.1) is 0 Å². The summed E-state index contributed by atoms with van der Waals surface area (Å²) in [5, 5.41) is 0. The maximum absolute atomic E-state index is 11.5. The smallest absolute Gasteiger partial charge is 0.337 e. The number of rotatable bonds is 3. The van der Waals surface area contributed by atoms with Crippen molar-refractivity contribution in [3.63, 3.8) is 0 Å². The lowest BCUT2D eigenvalue weighted by molar-refractivity contribution is 0.0600. The highest BCUT2D eigenvalue weighted by molar-refractivity contribution is 5.89. The Morgan fingerprint density at radius 1 is 1.41 bits per heavy atom. The summed E-state index contributed by atoms with van der Waals surface area (Å²) in [7, 11) is 1.39. The maximum Gasteiger partial charge on any atom is 0.337 e. The van der Waals surface area contributed by atoms with Gasteiger partial charge in [0.05, 0.1) is 12.7 Å². The van der Waals surface area contributed by atoms with E-state index in [-0.39, 0.29) is 16.9 Å². The van der Waals surface area contributed by atoms with Crippen molar-refractivity contribution in [1.29, 1.82) is 0 Å². The van der Waals surface area contributed by atoms with Crippen molar-refractivity contribution >= 4 is 5.97 Å². The van der Waals surface area contributed by atoms with Crippen LogP contribution in [0.15, 0.2) is 24.3 Å². The molecule has 17 heavy (non-hydrogen) atoms. The van der Waals surface area contributed by atoms with Gasteiger partial charge in [0.2, 0.25) is 0 Å². The Bertz CT molecular complexity index is 447. The molecular weight excluding hydrogens is 214 g/mol.